The third-order valence-corrected chi connectivity index (χ3v) is 7.87. The highest BCUT2D eigenvalue weighted by Crippen LogP contribution is 2.29. The van der Waals surface area contributed by atoms with Crippen LogP contribution in [0.5, 0.6) is 0 Å². The molecule has 45 heavy (non-hydrogen) atoms. The van der Waals surface area contributed by atoms with Crippen LogP contribution in [0.15, 0.2) is 83.9 Å². The Morgan fingerprint density at radius 2 is 1.69 bits per heavy atom. The molecule has 0 saturated carbocycles. The van der Waals surface area contributed by atoms with E-state index in [1.165, 1.54) is 18.3 Å². The van der Waals surface area contributed by atoms with Gasteiger partial charge < -0.3 is 21.3 Å². The normalized spacial score (nSPS) is 12.4. The van der Waals surface area contributed by atoms with Gasteiger partial charge in [-0.3, -0.25) is 4.79 Å². The lowest BCUT2D eigenvalue weighted by atomic mass is 10.0. The summed E-state index contributed by atoms with van der Waals surface area (Å²) in [7, 11) is -3.64. The zero-order chi connectivity index (χ0) is 32.5. The van der Waals surface area contributed by atoms with E-state index in [2.05, 4.69) is 36.0 Å². The number of aryl methyl sites for hydroxylation is 2. The minimum absolute atomic E-state index is 0.0480. The Balaban J connectivity index is 0.000000700. The Bertz CT molecular complexity index is 1760. The summed E-state index contributed by atoms with van der Waals surface area (Å²) in [5.74, 6) is 0.867. The number of alkyl halides is 3. The molecule has 236 valence electrons. The SMILES string of the molecule is O=C(NCCNS(=O)(=O)c1ccccc1)Nc1ccc2cc1CCc1cccc(c1)Nc1ncc(Cl)c(n1)N2.O=CC(F)(F)F. The highest BCUT2D eigenvalue weighted by atomic mass is 35.5. The summed E-state index contributed by atoms with van der Waals surface area (Å²) >= 11 is 6.33. The molecule has 0 atom stereocenters. The number of nitrogens with one attached hydrogen (secondary N) is 5. The van der Waals surface area contributed by atoms with Gasteiger partial charge >= 0.3 is 12.2 Å². The molecule has 5 rings (SSSR count). The summed E-state index contributed by atoms with van der Waals surface area (Å²) in [6, 6.07) is 21.2. The first kappa shape index (κ1) is 33.2. The lowest BCUT2D eigenvalue weighted by Gasteiger charge is -2.15. The highest BCUT2D eigenvalue weighted by molar-refractivity contribution is 7.89. The van der Waals surface area contributed by atoms with Gasteiger partial charge in [-0.05, 0) is 66.4 Å². The number of carbonyl (C=O) groups is 2. The summed E-state index contributed by atoms with van der Waals surface area (Å²) in [6.45, 7) is 0.160. The Morgan fingerprint density at radius 1 is 0.956 bits per heavy atom. The smallest absolute Gasteiger partial charge is 0.339 e. The van der Waals surface area contributed by atoms with E-state index in [9.17, 15) is 26.4 Å². The number of hydrogen-bond donors (Lipinski definition) is 5. The first-order chi connectivity index (χ1) is 21.4. The van der Waals surface area contributed by atoms with Gasteiger partial charge in [-0.2, -0.15) is 18.2 Å². The van der Waals surface area contributed by atoms with Crippen LogP contribution in [0.3, 0.4) is 0 Å². The second-order valence-electron chi connectivity index (χ2n) is 9.46. The summed E-state index contributed by atoms with van der Waals surface area (Å²) in [5.41, 5.74) is 4.26. The highest BCUT2D eigenvalue weighted by Gasteiger charge is 2.25. The fourth-order valence-electron chi connectivity index (χ4n) is 4.08. The van der Waals surface area contributed by atoms with Crippen molar-refractivity contribution in [3.63, 3.8) is 0 Å². The molecule has 2 heterocycles. The first-order valence-electron chi connectivity index (χ1n) is 13.3. The van der Waals surface area contributed by atoms with Crippen molar-refractivity contribution in [1.29, 1.82) is 0 Å². The van der Waals surface area contributed by atoms with Gasteiger partial charge in [-0.25, -0.2) is 22.9 Å². The predicted molar refractivity (Wildman–Crippen MR) is 165 cm³/mol. The second kappa shape index (κ2) is 14.8. The molecular formula is C29H27ClF3N7O4S. The van der Waals surface area contributed by atoms with Gasteiger partial charge in [0.1, 0.15) is 5.02 Å². The van der Waals surface area contributed by atoms with E-state index in [1.54, 1.807) is 24.3 Å². The topological polar surface area (TPSA) is 154 Å². The van der Waals surface area contributed by atoms with Gasteiger partial charge in [0, 0.05) is 30.2 Å². The number of aldehydes is 1. The zero-order valence-electron chi connectivity index (χ0n) is 23.4. The Morgan fingerprint density at radius 3 is 2.42 bits per heavy atom. The molecule has 11 nitrogen and oxygen atoms in total. The van der Waals surface area contributed by atoms with Crippen LogP contribution in [0.2, 0.25) is 5.02 Å². The van der Waals surface area contributed by atoms with Crippen molar-refractivity contribution in [1.82, 2.24) is 20.0 Å². The number of rotatable bonds is 6. The number of aromatic nitrogens is 2. The lowest BCUT2D eigenvalue weighted by Crippen LogP contribution is -2.37. The van der Waals surface area contributed by atoms with E-state index in [0.29, 0.717) is 28.9 Å². The molecular weight excluding hydrogens is 635 g/mol. The van der Waals surface area contributed by atoms with Gasteiger partial charge in [0.15, 0.2) is 5.82 Å². The minimum atomic E-state index is -4.64. The molecule has 3 aromatic carbocycles. The summed E-state index contributed by atoms with van der Waals surface area (Å²) in [5, 5.41) is 12.4. The van der Waals surface area contributed by atoms with Gasteiger partial charge in [0.2, 0.25) is 22.3 Å². The molecule has 0 radical (unpaired) electrons. The van der Waals surface area contributed by atoms with Crippen LogP contribution in [-0.4, -0.2) is 50.0 Å². The fourth-order valence-corrected chi connectivity index (χ4v) is 5.27. The largest absolute Gasteiger partial charge is 0.446 e. The molecule has 0 aliphatic carbocycles. The van der Waals surface area contributed by atoms with Crippen molar-refractivity contribution < 1.29 is 31.2 Å². The molecule has 1 aliphatic rings. The van der Waals surface area contributed by atoms with E-state index in [1.807, 2.05) is 36.4 Å². The lowest BCUT2D eigenvalue weighted by molar-refractivity contribution is -0.156. The van der Waals surface area contributed by atoms with E-state index in [4.69, 9.17) is 16.4 Å². The van der Waals surface area contributed by atoms with Crippen LogP contribution in [0.4, 0.5) is 46.8 Å². The number of fused-ring (bicyclic) bond motifs is 6. The maximum Gasteiger partial charge on any atom is 0.446 e. The van der Waals surface area contributed by atoms with Gasteiger partial charge in [0.25, 0.3) is 0 Å². The molecule has 1 aromatic heterocycles. The Labute approximate surface area is 261 Å². The third kappa shape index (κ3) is 10.2. The molecule has 1 aliphatic heterocycles. The van der Waals surface area contributed by atoms with E-state index in [0.717, 1.165) is 28.9 Å². The predicted octanol–water partition coefficient (Wildman–Crippen LogP) is 5.56. The molecule has 4 aromatic rings. The zero-order valence-corrected chi connectivity index (χ0v) is 24.9. The van der Waals surface area contributed by atoms with Crippen molar-refractivity contribution in [3.8, 4) is 0 Å². The Kier molecular flexibility index (Phi) is 10.9. The van der Waals surface area contributed by atoms with Crippen LogP contribution in [0.25, 0.3) is 0 Å². The van der Waals surface area contributed by atoms with E-state index >= 15 is 0 Å². The summed E-state index contributed by atoms with van der Waals surface area (Å²) in [6.07, 6.45) is -2.78. The number of urea groups is 1. The summed E-state index contributed by atoms with van der Waals surface area (Å²) < 4.78 is 58.4. The van der Waals surface area contributed by atoms with E-state index < -0.39 is 28.5 Å². The second-order valence-corrected chi connectivity index (χ2v) is 11.6. The van der Waals surface area contributed by atoms with Crippen molar-refractivity contribution in [2.24, 2.45) is 0 Å². The molecule has 6 bridgehead atoms. The molecule has 0 unspecified atom stereocenters. The van der Waals surface area contributed by atoms with Crippen LogP contribution in [0.1, 0.15) is 11.1 Å². The minimum Gasteiger partial charge on any atom is -0.339 e. The standard InChI is InChI=1S/C27H26ClN7O3S.C2HF3O/c28-23-17-30-26-33-20-6-4-5-18(15-20)9-10-19-16-21(32-25(23)35-26)11-12-24(19)34-27(36)29-13-14-31-39(37,38)22-7-2-1-3-8-22;3-2(4,5)1-6/h1-8,11-12,15-17,31H,9-10,13-14H2,(H2,29,34,36)(H2,30,32,33,35);1H. The van der Waals surface area contributed by atoms with Crippen molar-refractivity contribution >= 4 is 62.8 Å². The monoisotopic (exact) mass is 661 g/mol. The van der Waals surface area contributed by atoms with Crippen molar-refractivity contribution in [3.05, 3.63) is 95.1 Å². The van der Waals surface area contributed by atoms with E-state index in [-0.39, 0.29) is 18.0 Å². The summed E-state index contributed by atoms with van der Waals surface area (Å²) in [4.78, 5) is 30.3. The Hall–Kier alpha value is -4.73. The number of carbonyl (C=O) groups excluding carboxylic acids is 2. The first-order valence-corrected chi connectivity index (χ1v) is 15.2. The molecule has 5 N–H and O–H groups in total. The quantitative estimate of drug-likeness (QED) is 0.133. The number of halogens is 4. The van der Waals surface area contributed by atoms with Gasteiger partial charge in [-0.15, -0.1) is 0 Å². The number of amides is 2. The number of anilines is 5. The van der Waals surface area contributed by atoms with Crippen LogP contribution >= 0.6 is 11.6 Å². The molecule has 0 spiro atoms. The molecule has 2 amide bonds. The molecule has 0 fully saturated rings. The average molecular weight is 662 g/mol. The average Bonchev–Trinajstić information content (AvgIpc) is 3.01. The maximum atomic E-state index is 12.6. The number of hydrogen-bond acceptors (Lipinski definition) is 8. The van der Waals surface area contributed by atoms with Gasteiger partial charge in [0.05, 0.1) is 11.1 Å². The third-order valence-electron chi connectivity index (χ3n) is 6.12. The van der Waals surface area contributed by atoms with Crippen LogP contribution in [0, 0.1) is 0 Å². The van der Waals surface area contributed by atoms with Gasteiger partial charge in [-0.1, -0.05) is 41.9 Å². The van der Waals surface area contributed by atoms with Crippen LogP contribution in [-0.2, 0) is 27.7 Å². The van der Waals surface area contributed by atoms with Crippen molar-refractivity contribution in [2.45, 2.75) is 23.9 Å². The van der Waals surface area contributed by atoms with Crippen LogP contribution < -0.4 is 26.0 Å². The molecule has 0 saturated heterocycles. The fraction of sp³-hybridized carbons (Fsp3) is 0.172. The number of sulfonamides is 1. The number of benzene rings is 3. The van der Waals surface area contributed by atoms with Crippen molar-refractivity contribution in [2.75, 3.05) is 29.0 Å². The number of nitrogens with zero attached hydrogens (tertiary/aromatic N) is 2. The maximum absolute atomic E-state index is 12.6. The molecule has 16 heteroatoms.